The van der Waals surface area contributed by atoms with Crippen LogP contribution < -0.4 is 10.1 Å². The molecule has 0 saturated carbocycles. The number of nitrogens with one attached hydrogen (secondary N) is 1. The fourth-order valence-electron chi connectivity index (χ4n) is 1.94. The van der Waals surface area contributed by atoms with E-state index in [2.05, 4.69) is 58.0 Å². The van der Waals surface area contributed by atoms with E-state index in [0.717, 1.165) is 16.8 Å². The molecule has 0 saturated heterocycles. The van der Waals surface area contributed by atoms with Gasteiger partial charge in [-0.3, -0.25) is 0 Å². The van der Waals surface area contributed by atoms with E-state index in [1.54, 1.807) is 11.3 Å². The number of halogens is 1. The van der Waals surface area contributed by atoms with E-state index in [4.69, 9.17) is 4.74 Å². The Labute approximate surface area is 126 Å². The molecule has 1 N–H and O–H groups in total. The van der Waals surface area contributed by atoms with Gasteiger partial charge in [0.2, 0.25) is 0 Å². The number of hydrogen-bond acceptors (Lipinski definition) is 3. The predicted molar refractivity (Wildman–Crippen MR) is 84.9 cm³/mol. The largest absolute Gasteiger partial charge is 0.489 e. The summed E-state index contributed by atoms with van der Waals surface area (Å²) in [6.07, 6.45) is 0. The molecule has 0 amide bonds. The van der Waals surface area contributed by atoms with Crippen molar-refractivity contribution >= 4 is 27.3 Å². The van der Waals surface area contributed by atoms with Crippen LogP contribution in [0.25, 0.3) is 0 Å². The smallest absolute Gasteiger partial charge is 0.124 e. The van der Waals surface area contributed by atoms with Crippen LogP contribution in [0, 0.1) is 0 Å². The van der Waals surface area contributed by atoms with E-state index in [-0.39, 0.29) is 6.04 Å². The number of ether oxygens (including phenoxy) is 1. The lowest BCUT2D eigenvalue weighted by Gasteiger charge is -2.18. The fraction of sp³-hybridized carbons (Fsp3) is 0.333. The van der Waals surface area contributed by atoms with Crippen molar-refractivity contribution in [3.63, 3.8) is 0 Å². The second kappa shape index (κ2) is 7.08. The molecule has 0 aliphatic rings. The molecule has 2 nitrogen and oxygen atoms in total. The van der Waals surface area contributed by atoms with Gasteiger partial charge in [-0.15, -0.1) is 0 Å². The Morgan fingerprint density at radius 3 is 2.89 bits per heavy atom. The quantitative estimate of drug-likeness (QED) is 0.819. The first-order valence-electron chi connectivity index (χ1n) is 6.37. The van der Waals surface area contributed by atoms with Crippen LogP contribution in [-0.4, -0.2) is 6.54 Å². The molecular weight excluding hydrogens is 322 g/mol. The van der Waals surface area contributed by atoms with Gasteiger partial charge in [0.05, 0.1) is 0 Å². The zero-order valence-corrected chi connectivity index (χ0v) is 13.6. The van der Waals surface area contributed by atoms with E-state index in [0.29, 0.717) is 6.61 Å². The molecule has 0 spiro atoms. The van der Waals surface area contributed by atoms with Gasteiger partial charge in [0.1, 0.15) is 12.4 Å². The Balaban J connectivity index is 2.14. The van der Waals surface area contributed by atoms with E-state index in [1.807, 2.05) is 12.1 Å². The highest BCUT2D eigenvalue weighted by Crippen LogP contribution is 2.29. The molecule has 1 heterocycles. The Kier molecular flexibility index (Phi) is 5.43. The Bertz CT molecular complexity index is 513. The third-order valence-electron chi connectivity index (χ3n) is 2.92. The minimum Gasteiger partial charge on any atom is -0.489 e. The molecule has 0 aliphatic heterocycles. The highest BCUT2D eigenvalue weighted by Gasteiger charge is 2.11. The average molecular weight is 340 g/mol. The third kappa shape index (κ3) is 4.06. The second-order valence-electron chi connectivity index (χ2n) is 4.38. The normalized spacial score (nSPS) is 12.4. The monoisotopic (exact) mass is 339 g/mol. The Hall–Kier alpha value is -0.840. The minimum absolute atomic E-state index is 0.278. The maximum Gasteiger partial charge on any atom is 0.124 e. The molecule has 1 atom stereocenters. The van der Waals surface area contributed by atoms with Crippen molar-refractivity contribution in [3.05, 3.63) is 50.6 Å². The molecule has 1 unspecified atom stereocenters. The molecule has 2 rings (SSSR count). The highest BCUT2D eigenvalue weighted by atomic mass is 79.9. The van der Waals surface area contributed by atoms with Gasteiger partial charge in [-0.25, -0.2) is 0 Å². The first-order chi connectivity index (χ1) is 9.20. The Morgan fingerprint density at radius 1 is 1.37 bits per heavy atom. The molecule has 102 valence electrons. The number of rotatable bonds is 6. The summed E-state index contributed by atoms with van der Waals surface area (Å²) in [5.41, 5.74) is 2.40. The fourth-order valence-corrected chi connectivity index (χ4v) is 2.97. The minimum atomic E-state index is 0.278. The van der Waals surface area contributed by atoms with Crippen LogP contribution >= 0.6 is 27.3 Å². The summed E-state index contributed by atoms with van der Waals surface area (Å²) in [7, 11) is 0. The SMILES string of the molecule is CCNC(C)c1cc(Br)ccc1OCc1ccsc1. The van der Waals surface area contributed by atoms with Crippen molar-refractivity contribution in [1.82, 2.24) is 5.32 Å². The lowest BCUT2D eigenvalue weighted by Crippen LogP contribution is -2.18. The van der Waals surface area contributed by atoms with Gasteiger partial charge < -0.3 is 10.1 Å². The summed E-state index contributed by atoms with van der Waals surface area (Å²) in [6.45, 7) is 5.83. The van der Waals surface area contributed by atoms with Gasteiger partial charge in [0.25, 0.3) is 0 Å². The van der Waals surface area contributed by atoms with Crippen molar-refractivity contribution in [2.45, 2.75) is 26.5 Å². The molecule has 0 radical (unpaired) electrons. The van der Waals surface area contributed by atoms with Crippen molar-refractivity contribution in [2.24, 2.45) is 0 Å². The predicted octanol–water partition coefficient (Wildman–Crippen LogP) is 4.76. The van der Waals surface area contributed by atoms with Crippen LogP contribution in [-0.2, 0) is 6.61 Å². The molecule has 0 bridgehead atoms. The summed E-state index contributed by atoms with van der Waals surface area (Å²) in [4.78, 5) is 0. The molecule has 4 heteroatoms. The molecule has 1 aromatic carbocycles. The average Bonchev–Trinajstić information content (AvgIpc) is 2.90. The Morgan fingerprint density at radius 2 is 2.21 bits per heavy atom. The molecule has 0 aliphatic carbocycles. The van der Waals surface area contributed by atoms with Crippen LogP contribution in [0.4, 0.5) is 0 Å². The number of thiophene rings is 1. The molecule has 19 heavy (non-hydrogen) atoms. The molecule has 2 aromatic rings. The van der Waals surface area contributed by atoms with Crippen LogP contribution in [0.2, 0.25) is 0 Å². The van der Waals surface area contributed by atoms with Crippen molar-refractivity contribution in [2.75, 3.05) is 6.54 Å². The van der Waals surface area contributed by atoms with Crippen molar-refractivity contribution < 1.29 is 4.74 Å². The maximum atomic E-state index is 5.95. The second-order valence-corrected chi connectivity index (χ2v) is 6.08. The highest BCUT2D eigenvalue weighted by molar-refractivity contribution is 9.10. The van der Waals surface area contributed by atoms with Crippen LogP contribution in [0.3, 0.4) is 0 Å². The maximum absolute atomic E-state index is 5.95. The molecular formula is C15H18BrNOS. The van der Waals surface area contributed by atoms with Crippen LogP contribution in [0.15, 0.2) is 39.5 Å². The van der Waals surface area contributed by atoms with Gasteiger partial charge in [0, 0.05) is 16.1 Å². The lowest BCUT2D eigenvalue weighted by atomic mass is 10.1. The van der Waals surface area contributed by atoms with Gasteiger partial charge in [-0.2, -0.15) is 11.3 Å². The van der Waals surface area contributed by atoms with Crippen LogP contribution in [0.1, 0.15) is 31.0 Å². The zero-order chi connectivity index (χ0) is 13.7. The van der Waals surface area contributed by atoms with E-state index in [9.17, 15) is 0 Å². The first kappa shape index (κ1) is 14.6. The van der Waals surface area contributed by atoms with Gasteiger partial charge in [-0.05, 0) is 54.1 Å². The third-order valence-corrected chi connectivity index (χ3v) is 4.15. The van der Waals surface area contributed by atoms with Crippen LogP contribution in [0.5, 0.6) is 5.75 Å². The number of benzene rings is 1. The lowest BCUT2D eigenvalue weighted by molar-refractivity contribution is 0.300. The molecule has 0 fully saturated rings. The topological polar surface area (TPSA) is 21.3 Å². The van der Waals surface area contributed by atoms with Gasteiger partial charge >= 0.3 is 0 Å². The zero-order valence-electron chi connectivity index (χ0n) is 11.2. The summed E-state index contributed by atoms with van der Waals surface area (Å²) >= 11 is 5.22. The van der Waals surface area contributed by atoms with E-state index < -0.39 is 0 Å². The van der Waals surface area contributed by atoms with Gasteiger partial charge in [0.15, 0.2) is 0 Å². The van der Waals surface area contributed by atoms with Gasteiger partial charge in [-0.1, -0.05) is 22.9 Å². The summed E-state index contributed by atoms with van der Waals surface area (Å²) < 4.78 is 7.03. The number of hydrogen-bond donors (Lipinski definition) is 1. The van der Waals surface area contributed by atoms with Crippen molar-refractivity contribution in [1.29, 1.82) is 0 Å². The summed E-state index contributed by atoms with van der Waals surface area (Å²) in [5.74, 6) is 0.947. The first-order valence-corrected chi connectivity index (χ1v) is 8.11. The van der Waals surface area contributed by atoms with E-state index >= 15 is 0 Å². The van der Waals surface area contributed by atoms with E-state index in [1.165, 1.54) is 11.1 Å². The standard InChI is InChI=1S/C15H18BrNOS/c1-3-17-11(2)14-8-13(16)4-5-15(14)18-9-12-6-7-19-10-12/h4-8,10-11,17H,3,9H2,1-2H3. The van der Waals surface area contributed by atoms with Crippen molar-refractivity contribution in [3.8, 4) is 5.75 Å². The molecule has 1 aromatic heterocycles. The summed E-state index contributed by atoms with van der Waals surface area (Å²) in [6, 6.07) is 8.54. The summed E-state index contributed by atoms with van der Waals surface area (Å²) in [5, 5.41) is 7.61.